The Balaban J connectivity index is 1.97. The predicted molar refractivity (Wildman–Crippen MR) is 99.9 cm³/mol. The maximum Gasteiger partial charge on any atom is 0.245 e. The summed E-state index contributed by atoms with van der Waals surface area (Å²) < 4.78 is 4.88. The number of hydrogen-bond donors (Lipinski definition) is 2. The van der Waals surface area contributed by atoms with Crippen LogP contribution in [0.1, 0.15) is 36.3 Å². The lowest BCUT2D eigenvalue weighted by Gasteiger charge is -2.22. The lowest BCUT2D eigenvalue weighted by atomic mass is 10.0. The molecule has 1 aromatic heterocycles. The second-order valence-electron chi connectivity index (χ2n) is 6.49. The van der Waals surface area contributed by atoms with E-state index in [1.54, 1.807) is 13.0 Å². The predicted octanol–water partition coefficient (Wildman–Crippen LogP) is 1.96. The Morgan fingerprint density at radius 1 is 1.19 bits per heavy atom. The Bertz CT molecular complexity index is 813. The van der Waals surface area contributed by atoms with Gasteiger partial charge in [-0.3, -0.25) is 14.4 Å². The molecule has 0 aliphatic heterocycles. The third-order valence-corrected chi connectivity index (χ3v) is 3.94. The zero-order chi connectivity index (χ0) is 20.0. The summed E-state index contributed by atoms with van der Waals surface area (Å²) in [7, 11) is 1.54. The van der Waals surface area contributed by atoms with Crippen LogP contribution in [0, 0.1) is 13.8 Å². The number of rotatable bonds is 7. The number of anilines is 1. The molecule has 1 aromatic carbocycles. The van der Waals surface area contributed by atoms with Crippen LogP contribution in [-0.2, 0) is 14.4 Å². The van der Waals surface area contributed by atoms with Gasteiger partial charge in [-0.05, 0) is 19.4 Å². The van der Waals surface area contributed by atoms with Crippen LogP contribution in [0.15, 0.2) is 34.9 Å². The third-order valence-electron chi connectivity index (χ3n) is 3.94. The highest BCUT2D eigenvalue weighted by molar-refractivity contribution is 5.93. The molecule has 0 bridgehead atoms. The Morgan fingerprint density at radius 3 is 2.41 bits per heavy atom. The van der Waals surface area contributed by atoms with Gasteiger partial charge in [-0.2, -0.15) is 0 Å². The molecule has 1 heterocycles. The molecular weight excluding hydrogens is 348 g/mol. The second kappa shape index (κ2) is 8.98. The van der Waals surface area contributed by atoms with E-state index >= 15 is 0 Å². The summed E-state index contributed by atoms with van der Waals surface area (Å²) in [6.45, 7) is 4.95. The Hall–Kier alpha value is -3.16. The molecule has 144 valence electrons. The van der Waals surface area contributed by atoms with Gasteiger partial charge in [0.25, 0.3) is 0 Å². The number of amides is 3. The lowest BCUT2D eigenvalue weighted by Crippen LogP contribution is -2.38. The average Bonchev–Trinajstić information content (AvgIpc) is 2.99. The van der Waals surface area contributed by atoms with Crippen LogP contribution in [0.25, 0.3) is 0 Å². The first-order chi connectivity index (χ1) is 12.7. The van der Waals surface area contributed by atoms with Crippen molar-refractivity contribution in [3.63, 3.8) is 0 Å². The Labute approximate surface area is 157 Å². The van der Waals surface area contributed by atoms with E-state index in [0.717, 1.165) is 11.1 Å². The first-order valence-corrected chi connectivity index (χ1v) is 8.55. The topological polar surface area (TPSA) is 105 Å². The Morgan fingerprint density at radius 2 is 1.85 bits per heavy atom. The van der Waals surface area contributed by atoms with Crippen molar-refractivity contribution in [1.29, 1.82) is 0 Å². The summed E-state index contributed by atoms with van der Waals surface area (Å²) >= 11 is 0. The SMILES string of the molecule is CC(=O)NC(CC(=O)N(C)CC(=O)Nc1cc(C)on1)c1ccc(C)cc1. The first kappa shape index (κ1) is 20.2. The van der Waals surface area contributed by atoms with E-state index in [1.807, 2.05) is 31.2 Å². The van der Waals surface area contributed by atoms with Crippen molar-refractivity contribution in [2.45, 2.75) is 33.2 Å². The van der Waals surface area contributed by atoms with Crippen LogP contribution < -0.4 is 10.6 Å². The minimum atomic E-state index is -0.459. The quantitative estimate of drug-likeness (QED) is 0.773. The monoisotopic (exact) mass is 372 g/mol. The molecule has 0 fully saturated rings. The van der Waals surface area contributed by atoms with Crippen LogP contribution in [-0.4, -0.2) is 41.4 Å². The number of carbonyl (C=O) groups excluding carboxylic acids is 3. The molecule has 0 aliphatic rings. The molecule has 3 amide bonds. The van der Waals surface area contributed by atoms with Crippen LogP contribution >= 0.6 is 0 Å². The maximum atomic E-state index is 12.5. The maximum absolute atomic E-state index is 12.5. The van der Waals surface area contributed by atoms with E-state index in [4.69, 9.17) is 4.52 Å². The fourth-order valence-electron chi connectivity index (χ4n) is 2.54. The average molecular weight is 372 g/mol. The zero-order valence-corrected chi connectivity index (χ0v) is 15.9. The fourth-order valence-corrected chi connectivity index (χ4v) is 2.54. The smallest absolute Gasteiger partial charge is 0.245 e. The van der Waals surface area contributed by atoms with Crippen LogP contribution in [0.2, 0.25) is 0 Å². The van der Waals surface area contributed by atoms with Gasteiger partial charge >= 0.3 is 0 Å². The van der Waals surface area contributed by atoms with Crippen molar-refractivity contribution in [3.05, 3.63) is 47.2 Å². The number of likely N-dealkylation sites (N-methyl/N-ethyl adjacent to an activating group) is 1. The van der Waals surface area contributed by atoms with Gasteiger partial charge in [0.2, 0.25) is 17.7 Å². The lowest BCUT2D eigenvalue weighted by molar-refractivity contribution is -0.134. The zero-order valence-electron chi connectivity index (χ0n) is 15.9. The van der Waals surface area contributed by atoms with Crippen LogP contribution in [0.3, 0.4) is 0 Å². The molecular formula is C19H24N4O4. The number of hydrogen-bond acceptors (Lipinski definition) is 5. The molecule has 0 spiro atoms. The van der Waals surface area contributed by atoms with Gasteiger partial charge < -0.3 is 20.1 Å². The molecule has 27 heavy (non-hydrogen) atoms. The minimum Gasteiger partial charge on any atom is -0.360 e. The van der Waals surface area contributed by atoms with Gasteiger partial charge in [0.1, 0.15) is 5.76 Å². The highest BCUT2D eigenvalue weighted by Gasteiger charge is 2.21. The van der Waals surface area contributed by atoms with Gasteiger partial charge in [0.05, 0.1) is 19.0 Å². The van der Waals surface area contributed by atoms with Crippen molar-refractivity contribution >= 4 is 23.5 Å². The van der Waals surface area contributed by atoms with Crippen LogP contribution in [0.5, 0.6) is 0 Å². The van der Waals surface area contributed by atoms with Crippen LogP contribution in [0.4, 0.5) is 5.82 Å². The van der Waals surface area contributed by atoms with Gasteiger partial charge in [0.15, 0.2) is 5.82 Å². The van der Waals surface area contributed by atoms with Gasteiger partial charge in [-0.15, -0.1) is 0 Å². The number of aryl methyl sites for hydroxylation is 2. The first-order valence-electron chi connectivity index (χ1n) is 8.55. The molecule has 0 aliphatic carbocycles. The number of carbonyl (C=O) groups is 3. The normalized spacial score (nSPS) is 11.6. The van der Waals surface area contributed by atoms with Crippen molar-refractivity contribution in [2.24, 2.45) is 0 Å². The molecule has 1 unspecified atom stereocenters. The summed E-state index contributed by atoms with van der Waals surface area (Å²) in [6.07, 6.45) is 0.0511. The molecule has 8 heteroatoms. The van der Waals surface area contributed by atoms with Gasteiger partial charge in [-0.25, -0.2) is 0 Å². The molecule has 0 saturated carbocycles. The molecule has 2 rings (SSSR count). The van der Waals surface area contributed by atoms with Crippen molar-refractivity contribution in [1.82, 2.24) is 15.4 Å². The summed E-state index contributed by atoms with van der Waals surface area (Å²) in [5.41, 5.74) is 1.92. The number of aromatic nitrogens is 1. The molecule has 2 aromatic rings. The molecule has 8 nitrogen and oxygen atoms in total. The third kappa shape index (κ3) is 6.25. The number of nitrogens with one attached hydrogen (secondary N) is 2. The van der Waals surface area contributed by atoms with Gasteiger partial charge in [0, 0.05) is 20.0 Å². The molecule has 2 N–H and O–H groups in total. The van der Waals surface area contributed by atoms with Gasteiger partial charge in [-0.1, -0.05) is 35.0 Å². The minimum absolute atomic E-state index is 0.0511. The van der Waals surface area contributed by atoms with E-state index in [9.17, 15) is 14.4 Å². The highest BCUT2D eigenvalue weighted by Crippen LogP contribution is 2.18. The largest absolute Gasteiger partial charge is 0.360 e. The van der Waals surface area contributed by atoms with E-state index < -0.39 is 6.04 Å². The fraction of sp³-hybridized carbons (Fsp3) is 0.368. The van der Waals surface area contributed by atoms with Crippen molar-refractivity contribution in [3.8, 4) is 0 Å². The number of benzene rings is 1. The number of nitrogens with zero attached hydrogens (tertiary/aromatic N) is 2. The van der Waals surface area contributed by atoms with E-state index in [1.165, 1.54) is 18.9 Å². The highest BCUT2D eigenvalue weighted by atomic mass is 16.5. The summed E-state index contributed by atoms with van der Waals surface area (Å²) in [5, 5.41) is 9.03. The summed E-state index contributed by atoms with van der Waals surface area (Å²) in [6, 6.07) is 8.73. The molecule has 0 saturated heterocycles. The van der Waals surface area contributed by atoms with E-state index in [-0.39, 0.29) is 30.7 Å². The second-order valence-corrected chi connectivity index (χ2v) is 6.49. The Kier molecular flexibility index (Phi) is 6.70. The van der Waals surface area contributed by atoms with Crippen molar-refractivity contribution < 1.29 is 18.9 Å². The van der Waals surface area contributed by atoms with E-state index in [0.29, 0.717) is 11.6 Å². The summed E-state index contributed by atoms with van der Waals surface area (Å²) in [4.78, 5) is 37.4. The molecule has 0 radical (unpaired) electrons. The van der Waals surface area contributed by atoms with Crippen molar-refractivity contribution in [2.75, 3.05) is 18.9 Å². The summed E-state index contributed by atoms with van der Waals surface area (Å²) in [5.74, 6) is 0.00153. The molecule has 1 atom stereocenters. The standard InChI is InChI=1S/C19H24N4O4/c1-12-5-7-15(8-6-12)16(20-14(3)24)10-19(26)23(4)11-18(25)21-17-9-13(2)27-22-17/h5-9,16H,10-11H2,1-4H3,(H,20,24)(H,21,22,25). The van der Waals surface area contributed by atoms with E-state index in [2.05, 4.69) is 15.8 Å².